The molecular formula is C18H34ClF3N4O4. The number of hydrogen-bond donors (Lipinski definition) is 1. The Morgan fingerprint density at radius 2 is 1.33 bits per heavy atom. The summed E-state index contributed by atoms with van der Waals surface area (Å²) in [5, 5.41) is 5.66. The molecule has 12 heteroatoms. The third-order valence-corrected chi connectivity index (χ3v) is 5.20. The molecule has 2 heterocycles. The van der Waals surface area contributed by atoms with Gasteiger partial charge in [-0.2, -0.15) is 13.2 Å². The van der Waals surface area contributed by atoms with Crippen molar-refractivity contribution in [2.24, 2.45) is 11.8 Å². The second kappa shape index (κ2) is 14.0. The molecule has 2 saturated heterocycles. The first-order valence-corrected chi connectivity index (χ1v) is 9.72. The van der Waals surface area contributed by atoms with Gasteiger partial charge in [-0.3, -0.25) is 24.2 Å². The fourth-order valence-electron chi connectivity index (χ4n) is 3.35. The number of amides is 2. The normalized spacial score (nSPS) is 18.6. The van der Waals surface area contributed by atoms with Gasteiger partial charge in [-0.1, -0.05) is 0 Å². The minimum absolute atomic E-state index is 0. The van der Waals surface area contributed by atoms with Crippen molar-refractivity contribution in [1.29, 1.82) is 0 Å². The van der Waals surface area contributed by atoms with Gasteiger partial charge >= 0.3 is 6.18 Å². The number of hydroxylamine groups is 4. The van der Waals surface area contributed by atoms with Crippen LogP contribution in [0.1, 0.15) is 25.7 Å². The Morgan fingerprint density at radius 3 is 1.70 bits per heavy atom. The number of nitrogens with zero attached hydrogens (tertiary/aromatic N) is 3. The molecule has 2 aliphatic rings. The van der Waals surface area contributed by atoms with Gasteiger partial charge in [-0.05, 0) is 51.9 Å². The van der Waals surface area contributed by atoms with Crippen LogP contribution in [0, 0.1) is 11.8 Å². The SMILES string of the molecule is CON(C)C(=O)C1CCN(CC(F)(F)F)CC1.CON(C)C(=O)C1CCNCC1.Cl. The standard InChI is InChI=1S/C10H17F3N2O2.C8H16N2O2.ClH/c1-14(17-2)9(16)8-3-5-15(6-4-8)7-10(11,12)13;1-10(12-2)8(11)7-3-5-9-6-4-7;/h8H,3-7H2,1-2H3;7,9H,3-6H2,1-2H3;1H. The minimum atomic E-state index is -4.17. The Labute approximate surface area is 182 Å². The summed E-state index contributed by atoms with van der Waals surface area (Å²) >= 11 is 0. The molecule has 0 unspecified atom stereocenters. The molecule has 2 rings (SSSR count). The molecule has 178 valence electrons. The van der Waals surface area contributed by atoms with Crippen molar-refractivity contribution in [3.63, 3.8) is 0 Å². The largest absolute Gasteiger partial charge is 0.401 e. The van der Waals surface area contributed by atoms with Crippen LogP contribution in [0.25, 0.3) is 0 Å². The number of rotatable bonds is 5. The third kappa shape index (κ3) is 10.3. The topological polar surface area (TPSA) is 74.4 Å². The maximum absolute atomic E-state index is 12.1. The molecule has 0 saturated carbocycles. The van der Waals surface area contributed by atoms with Gasteiger partial charge in [0.15, 0.2) is 0 Å². The molecule has 0 bridgehead atoms. The van der Waals surface area contributed by atoms with E-state index in [1.807, 2.05) is 0 Å². The van der Waals surface area contributed by atoms with E-state index in [2.05, 4.69) is 5.32 Å². The number of carbonyl (C=O) groups is 2. The first kappa shape index (κ1) is 28.9. The van der Waals surface area contributed by atoms with Crippen LogP contribution < -0.4 is 5.32 Å². The van der Waals surface area contributed by atoms with E-state index in [0.29, 0.717) is 25.9 Å². The van der Waals surface area contributed by atoms with Crippen LogP contribution in [0.15, 0.2) is 0 Å². The number of alkyl halides is 3. The van der Waals surface area contributed by atoms with Crippen molar-refractivity contribution in [2.75, 3.05) is 61.0 Å². The first-order chi connectivity index (χ1) is 13.6. The highest BCUT2D eigenvalue weighted by molar-refractivity contribution is 5.85. The molecule has 0 aromatic heterocycles. The lowest BCUT2D eigenvalue weighted by Gasteiger charge is -2.32. The van der Waals surface area contributed by atoms with Crippen LogP contribution in [0.3, 0.4) is 0 Å². The van der Waals surface area contributed by atoms with Crippen LogP contribution in [0.5, 0.6) is 0 Å². The summed E-state index contributed by atoms with van der Waals surface area (Å²) in [7, 11) is 6.06. The molecule has 0 spiro atoms. The van der Waals surface area contributed by atoms with E-state index in [1.54, 1.807) is 7.05 Å². The van der Waals surface area contributed by atoms with Gasteiger partial charge in [0.1, 0.15) is 0 Å². The molecule has 0 radical (unpaired) electrons. The van der Waals surface area contributed by atoms with Gasteiger partial charge in [0.2, 0.25) is 11.8 Å². The zero-order chi connectivity index (χ0) is 22.0. The molecule has 0 atom stereocenters. The fraction of sp³-hybridized carbons (Fsp3) is 0.889. The monoisotopic (exact) mass is 462 g/mol. The molecule has 0 aromatic carbocycles. The Bertz CT molecular complexity index is 514. The lowest BCUT2D eigenvalue weighted by atomic mass is 9.96. The molecule has 0 aromatic rings. The number of piperidine rings is 2. The molecule has 2 amide bonds. The molecule has 0 aliphatic carbocycles. The zero-order valence-electron chi connectivity index (χ0n) is 18.0. The Morgan fingerprint density at radius 1 is 0.933 bits per heavy atom. The van der Waals surface area contributed by atoms with Crippen molar-refractivity contribution >= 4 is 24.2 Å². The van der Waals surface area contributed by atoms with Crippen LogP contribution in [0.2, 0.25) is 0 Å². The minimum Gasteiger partial charge on any atom is -0.317 e. The molecular weight excluding hydrogens is 429 g/mol. The van der Waals surface area contributed by atoms with Gasteiger partial charge in [0, 0.05) is 25.9 Å². The van der Waals surface area contributed by atoms with E-state index >= 15 is 0 Å². The van der Waals surface area contributed by atoms with E-state index in [0.717, 1.165) is 31.0 Å². The first-order valence-electron chi connectivity index (χ1n) is 9.72. The third-order valence-electron chi connectivity index (χ3n) is 5.20. The van der Waals surface area contributed by atoms with Crippen molar-refractivity contribution in [3.8, 4) is 0 Å². The van der Waals surface area contributed by atoms with Crippen LogP contribution >= 0.6 is 12.4 Å². The predicted molar refractivity (Wildman–Crippen MR) is 108 cm³/mol. The lowest BCUT2D eigenvalue weighted by Crippen LogP contribution is -2.44. The Hall–Kier alpha value is -1.14. The van der Waals surface area contributed by atoms with Gasteiger partial charge in [-0.25, -0.2) is 10.1 Å². The zero-order valence-corrected chi connectivity index (χ0v) is 18.9. The summed E-state index contributed by atoms with van der Waals surface area (Å²) in [5.74, 6) is -0.154. The second-order valence-electron chi connectivity index (χ2n) is 7.23. The highest BCUT2D eigenvalue weighted by atomic mass is 35.5. The summed E-state index contributed by atoms with van der Waals surface area (Å²) < 4.78 is 36.4. The Kier molecular flexibility index (Phi) is 13.5. The molecule has 1 N–H and O–H groups in total. The summed E-state index contributed by atoms with van der Waals surface area (Å²) in [6.07, 6.45) is -1.43. The second-order valence-corrected chi connectivity index (χ2v) is 7.23. The van der Waals surface area contributed by atoms with E-state index in [4.69, 9.17) is 9.68 Å². The average molecular weight is 463 g/mol. The number of carbonyl (C=O) groups excluding carboxylic acids is 2. The van der Waals surface area contributed by atoms with Gasteiger partial charge in [-0.15, -0.1) is 12.4 Å². The summed E-state index contributed by atoms with van der Waals surface area (Å²) in [6, 6.07) is 0. The van der Waals surface area contributed by atoms with E-state index in [9.17, 15) is 22.8 Å². The van der Waals surface area contributed by atoms with Gasteiger partial charge in [0.25, 0.3) is 0 Å². The number of hydrogen-bond acceptors (Lipinski definition) is 6. The van der Waals surface area contributed by atoms with E-state index in [1.165, 1.54) is 31.2 Å². The fourth-order valence-corrected chi connectivity index (χ4v) is 3.35. The summed E-state index contributed by atoms with van der Waals surface area (Å²) in [6.45, 7) is 1.58. The smallest absolute Gasteiger partial charge is 0.317 e. The Balaban J connectivity index is 0.000000573. The number of likely N-dealkylation sites (tertiary alicyclic amines) is 1. The summed E-state index contributed by atoms with van der Waals surface area (Å²) in [4.78, 5) is 34.1. The molecule has 8 nitrogen and oxygen atoms in total. The maximum atomic E-state index is 12.1. The van der Waals surface area contributed by atoms with E-state index < -0.39 is 12.7 Å². The average Bonchev–Trinajstić information content (AvgIpc) is 2.72. The highest BCUT2D eigenvalue weighted by Gasteiger charge is 2.34. The summed E-state index contributed by atoms with van der Waals surface area (Å²) in [5.41, 5.74) is 0. The molecule has 30 heavy (non-hydrogen) atoms. The maximum Gasteiger partial charge on any atom is 0.401 e. The van der Waals surface area contributed by atoms with Crippen LogP contribution in [0.4, 0.5) is 13.2 Å². The van der Waals surface area contributed by atoms with Crippen LogP contribution in [-0.2, 0) is 19.3 Å². The van der Waals surface area contributed by atoms with Crippen molar-refractivity contribution in [1.82, 2.24) is 20.3 Å². The van der Waals surface area contributed by atoms with Gasteiger partial charge < -0.3 is 5.32 Å². The quantitative estimate of drug-likeness (QED) is 0.627. The van der Waals surface area contributed by atoms with Gasteiger partial charge in [0.05, 0.1) is 20.8 Å². The van der Waals surface area contributed by atoms with Crippen molar-refractivity contribution in [2.45, 2.75) is 31.9 Å². The highest BCUT2D eigenvalue weighted by Crippen LogP contribution is 2.23. The molecule has 2 aliphatic heterocycles. The number of nitrogens with one attached hydrogen (secondary N) is 1. The lowest BCUT2D eigenvalue weighted by molar-refractivity contribution is -0.176. The predicted octanol–water partition coefficient (Wildman–Crippen LogP) is 1.71. The van der Waals surface area contributed by atoms with E-state index in [-0.39, 0.29) is 36.1 Å². The van der Waals surface area contributed by atoms with Crippen LogP contribution in [-0.4, -0.2) is 94.1 Å². The van der Waals surface area contributed by atoms with Crippen molar-refractivity contribution in [3.05, 3.63) is 0 Å². The molecule has 2 fully saturated rings. The van der Waals surface area contributed by atoms with Crippen molar-refractivity contribution < 1.29 is 32.4 Å². The number of halogens is 4.